The molecule has 0 radical (unpaired) electrons. The second-order valence-corrected chi connectivity index (χ2v) is 5.84. The van der Waals surface area contributed by atoms with Gasteiger partial charge in [0.2, 0.25) is 0 Å². The van der Waals surface area contributed by atoms with E-state index in [0.29, 0.717) is 25.4 Å². The van der Waals surface area contributed by atoms with E-state index in [9.17, 15) is 0 Å². The highest BCUT2D eigenvalue weighted by atomic mass is 16.5. The number of benzene rings is 1. The average Bonchev–Trinajstić information content (AvgIpc) is 2.44. The SMILES string of the molecule is CCCNC(C)c1ccc(OCC)c(COC2CCC2)c1. The number of hydrogen-bond acceptors (Lipinski definition) is 3. The molecule has 0 spiro atoms. The van der Waals surface area contributed by atoms with Crippen LogP contribution < -0.4 is 10.1 Å². The molecule has 0 heterocycles. The third-order valence-corrected chi connectivity index (χ3v) is 4.11. The van der Waals surface area contributed by atoms with E-state index in [4.69, 9.17) is 9.47 Å². The first-order valence-corrected chi connectivity index (χ1v) is 8.35. The fourth-order valence-electron chi connectivity index (χ4n) is 2.50. The first-order chi connectivity index (χ1) is 10.2. The summed E-state index contributed by atoms with van der Waals surface area (Å²) in [7, 11) is 0. The summed E-state index contributed by atoms with van der Waals surface area (Å²) in [4.78, 5) is 0. The van der Waals surface area contributed by atoms with Crippen molar-refractivity contribution >= 4 is 0 Å². The smallest absolute Gasteiger partial charge is 0.124 e. The highest BCUT2D eigenvalue weighted by molar-refractivity contribution is 5.38. The highest BCUT2D eigenvalue weighted by Gasteiger charge is 2.19. The Balaban J connectivity index is 2.04. The van der Waals surface area contributed by atoms with E-state index in [1.165, 1.54) is 30.4 Å². The zero-order valence-electron chi connectivity index (χ0n) is 13.7. The summed E-state index contributed by atoms with van der Waals surface area (Å²) in [6, 6.07) is 6.84. The molecular weight excluding hydrogens is 262 g/mol. The van der Waals surface area contributed by atoms with Gasteiger partial charge in [-0.15, -0.1) is 0 Å². The Hall–Kier alpha value is -1.06. The Morgan fingerprint density at radius 1 is 1.29 bits per heavy atom. The van der Waals surface area contributed by atoms with E-state index < -0.39 is 0 Å². The molecule has 1 N–H and O–H groups in total. The van der Waals surface area contributed by atoms with E-state index in [0.717, 1.165) is 18.7 Å². The van der Waals surface area contributed by atoms with Crippen molar-refractivity contribution in [1.29, 1.82) is 0 Å². The lowest BCUT2D eigenvalue weighted by Crippen LogP contribution is -2.22. The van der Waals surface area contributed by atoms with Crippen molar-refractivity contribution in [2.24, 2.45) is 0 Å². The Kier molecular flexibility index (Phi) is 6.52. The third-order valence-electron chi connectivity index (χ3n) is 4.11. The number of ether oxygens (including phenoxy) is 2. The van der Waals surface area contributed by atoms with Crippen molar-refractivity contribution in [1.82, 2.24) is 5.32 Å². The lowest BCUT2D eigenvalue weighted by atomic mass is 9.96. The molecule has 0 aromatic heterocycles. The fourth-order valence-corrected chi connectivity index (χ4v) is 2.50. The molecule has 118 valence electrons. The molecule has 1 aliphatic rings. The maximum absolute atomic E-state index is 5.97. The molecular formula is C18H29NO2. The first-order valence-electron chi connectivity index (χ1n) is 8.35. The van der Waals surface area contributed by atoms with E-state index in [1.807, 2.05) is 6.92 Å². The van der Waals surface area contributed by atoms with Gasteiger partial charge >= 0.3 is 0 Å². The zero-order chi connectivity index (χ0) is 15.1. The van der Waals surface area contributed by atoms with Crippen LogP contribution in [0.1, 0.15) is 63.6 Å². The van der Waals surface area contributed by atoms with Crippen LogP contribution in [0.15, 0.2) is 18.2 Å². The Morgan fingerprint density at radius 3 is 2.71 bits per heavy atom. The van der Waals surface area contributed by atoms with Crippen molar-refractivity contribution < 1.29 is 9.47 Å². The maximum atomic E-state index is 5.97. The molecule has 3 heteroatoms. The van der Waals surface area contributed by atoms with Gasteiger partial charge in [0, 0.05) is 11.6 Å². The van der Waals surface area contributed by atoms with Gasteiger partial charge < -0.3 is 14.8 Å². The van der Waals surface area contributed by atoms with Crippen LogP contribution >= 0.6 is 0 Å². The van der Waals surface area contributed by atoms with Gasteiger partial charge in [-0.05, 0) is 63.8 Å². The molecule has 21 heavy (non-hydrogen) atoms. The third kappa shape index (κ3) is 4.72. The quantitative estimate of drug-likeness (QED) is 0.739. The molecule has 1 aromatic rings. The average molecular weight is 291 g/mol. The van der Waals surface area contributed by atoms with E-state index in [2.05, 4.69) is 37.4 Å². The van der Waals surface area contributed by atoms with Crippen molar-refractivity contribution in [2.45, 2.75) is 65.2 Å². The predicted molar refractivity (Wildman–Crippen MR) is 86.7 cm³/mol. The zero-order valence-corrected chi connectivity index (χ0v) is 13.7. The van der Waals surface area contributed by atoms with E-state index in [-0.39, 0.29) is 0 Å². The largest absolute Gasteiger partial charge is 0.494 e. The molecule has 1 unspecified atom stereocenters. The predicted octanol–water partition coefficient (Wildman–Crippen LogP) is 4.22. The number of hydrogen-bond donors (Lipinski definition) is 1. The van der Waals surface area contributed by atoms with Crippen molar-refractivity contribution in [2.75, 3.05) is 13.2 Å². The summed E-state index contributed by atoms with van der Waals surface area (Å²) in [6.07, 6.45) is 5.33. The molecule has 0 saturated heterocycles. The lowest BCUT2D eigenvalue weighted by molar-refractivity contribution is -0.00949. The lowest BCUT2D eigenvalue weighted by Gasteiger charge is -2.26. The minimum atomic E-state index is 0.364. The van der Waals surface area contributed by atoms with Gasteiger partial charge in [0.05, 0.1) is 19.3 Å². The van der Waals surface area contributed by atoms with Crippen molar-refractivity contribution in [3.8, 4) is 5.75 Å². The van der Waals surface area contributed by atoms with Crippen LogP contribution in [0.5, 0.6) is 5.75 Å². The van der Waals surface area contributed by atoms with Gasteiger partial charge in [-0.3, -0.25) is 0 Å². The van der Waals surface area contributed by atoms with Gasteiger partial charge in [0.25, 0.3) is 0 Å². The van der Waals surface area contributed by atoms with Crippen LogP contribution in [0.4, 0.5) is 0 Å². The second kappa shape index (κ2) is 8.40. The molecule has 3 nitrogen and oxygen atoms in total. The Labute approximate surface area is 129 Å². The monoisotopic (exact) mass is 291 g/mol. The standard InChI is InChI=1S/C18H29NO2/c1-4-11-19-14(3)15-9-10-18(20-5-2)16(12-15)13-21-17-7-6-8-17/h9-10,12,14,17,19H,4-8,11,13H2,1-3H3. The molecule has 1 saturated carbocycles. The van der Waals surface area contributed by atoms with Crippen LogP contribution in [-0.4, -0.2) is 19.3 Å². The summed E-state index contributed by atoms with van der Waals surface area (Å²) >= 11 is 0. The Bertz CT molecular complexity index is 429. The molecule has 1 aliphatic carbocycles. The minimum absolute atomic E-state index is 0.364. The number of nitrogens with one attached hydrogen (secondary N) is 1. The van der Waals surface area contributed by atoms with Crippen LogP contribution in [0.2, 0.25) is 0 Å². The second-order valence-electron chi connectivity index (χ2n) is 5.84. The molecule has 2 rings (SSSR count). The molecule has 0 bridgehead atoms. The molecule has 0 amide bonds. The van der Waals surface area contributed by atoms with E-state index in [1.54, 1.807) is 0 Å². The van der Waals surface area contributed by atoms with Crippen molar-refractivity contribution in [3.05, 3.63) is 29.3 Å². The maximum Gasteiger partial charge on any atom is 0.124 e. The molecule has 1 atom stereocenters. The van der Waals surface area contributed by atoms with Crippen LogP contribution in [0.3, 0.4) is 0 Å². The van der Waals surface area contributed by atoms with Crippen LogP contribution in [-0.2, 0) is 11.3 Å². The first kappa shape index (κ1) is 16.3. The summed E-state index contributed by atoms with van der Waals surface area (Å²) in [6.45, 7) is 8.82. The van der Waals surface area contributed by atoms with E-state index >= 15 is 0 Å². The van der Waals surface area contributed by atoms with Gasteiger partial charge in [-0.25, -0.2) is 0 Å². The van der Waals surface area contributed by atoms with Gasteiger partial charge in [0.15, 0.2) is 0 Å². The fraction of sp³-hybridized carbons (Fsp3) is 0.667. The summed E-state index contributed by atoms with van der Waals surface area (Å²) < 4.78 is 11.7. The summed E-state index contributed by atoms with van der Waals surface area (Å²) in [5.41, 5.74) is 2.48. The van der Waals surface area contributed by atoms with Crippen LogP contribution in [0.25, 0.3) is 0 Å². The minimum Gasteiger partial charge on any atom is -0.494 e. The van der Waals surface area contributed by atoms with Crippen LogP contribution in [0, 0.1) is 0 Å². The van der Waals surface area contributed by atoms with Gasteiger partial charge in [0.1, 0.15) is 5.75 Å². The summed E-state index contributed by atoms with van der Waals surface area (Å²) in [5, 5.41) is 3.53. The highest BCUT2D eigenvalue weighted by Crippen LogP contribution is 2.28. The number of rotatable bonds is 9. The summed E-state index contributed by atoms with van der Waals surface area (Å²) in [5.74, 6) is 0.961. The Morgan fingerprint density at radius 2 is 2.10 bits per heavy atom. The molecule has 0 aliphatic heterocycles. The normalized spacial score (nSPS) is 16.5. The molecule has 1 aromatic carbocycles. The van der Waals surface area contributed by atoms with Gasteiger partial charge in [-0.2, -0.15) is 0 Å². The van der Waals surface area contributed by atoms with Crippen molar-refractivity contribution in [3.63, 3.8) is 0 Å². The van der Waals surface area contributed by atoms with Gasteiger partial charge in [-0.1, -0.05) is 13.0 Å². The molecule has 1 fully saturated rings. The topological polar surface area (TPSA) is 30.5 Å².